The molecule has 5 N–H and O–H groups in total. The number of amides is 4. The molecule has 13 heteroatoms. The lowest BCUT2D eigenvalue weighted by atomic mass is 9.85. The summed E-state index contributed by atoms with van der Waals surface area (Å²) >= 11 is 0. The Morgan fingerprint density at radius 3 is 2.35 bits per heavy atom. The molecule has 1 aliphatic carbocycles. The fourth-order valence-corrected chi connectivity index (χ4v) is 7.92. The van der Waals surface area contributed by atoms with E-state index in [1.165, 1.54) is 7.05 Å². The number of aldehydes is 1. The van der Waals surface area contributed by atoms with Gasteiger partial charge in [-0.05, 0) is 102 Å². The maximum Gasteiger partial charge on any atom is 0.264 e. The number of nitrogen functional groups attached to an aromatic ring is 1. The van der Waals surface area contributed by atoms with Crippen molar-refractivity contribution in [1.82, 2.24) is 15.1 Å². The molecule has 52 heavy (non-hydrogen) atoms. The van der Waals surface area contributed by atoms with Gasteiger partial charge in [0.1, 0.15) is 6.29 Å². The van der Waals surface area contributed by atoms with Gasteiger partial charge in [0.2, 0.25) is 12.3 Å². The maximum atomic E-state index is 13.6. The van der Waals surface area contributed by atoms with E-state index in [0.29, 0.717) is 58.2 Å². The number of rotatable bonds is 15. The molecular formula is C39H53N7O6. The Morgan fingerprint density at radius 1 is 1.06 bits per heavy atom. The van der Waals surface area contributed by atoms with Gasteiger partial charge < -0.3 is 36.1 Å². The average molecular weight is 716 g/mol. The number of hydrogen-bond acceptors (Lipinski definition) is 10. The molecule has 2 aromatic rings. The Kier molecular flexibility index (Phi) is 12.5. The van der Waals surface area contributed by atoms with Gasteiger partial charge in [-0.25, -0.2) is 0 Å². The zero-order valence-corrected chi connectivity index (χ0v) is 30.8. The molecule has 1 saturated heterocycles. The van der Waals surface area contributed by atoms with Crippen molar-refractivity contribution in [3.05, 3.63) is 52.6 Å². The molecule has 0 radical (unpaired) electrons. The molecule has 2 fully saturated rings. The predicted octanol–water partition coefficient (Wildman–Crippen LogP) is 3.58. The average Bonchev–Trinajstić information content (AvgIpc) is 3.38. The SMILES string of the molecule is CNC(=O)CCC(C=O)N1C(=O)c2cccc(N3CCC(CN(C)CC4CCC(N=Cc5cc(NC=O)c(C(C)(C)O)cc5N)CC4)CC3)c2C1=O. The Balaban J connectivity index is 1.10. The van der Waals surface area contributed by atoms with E-state index in [0.717, 1.165) is 75.3 Å². The number of piperidine rings is 1. The number of fused-ring (bicyclic) bond motifs is 1. The van der Waals surface area contributed by atoms with Crippen molar-refractivity contribution in [2.24, 2.45) is 16.8 Å². The molecule has 4 amide bonds. The van der Waals surface area contributed by atoms with Crippen molar-refractivity contribution >= 4 is 53.7 Å². The van der Waals surface area contributed by atoms with Crippen molar-refractivity contribution in [3.63, 3.8) is 0 Å². The first-order chi connectivity index (χ1) is 24.8. The summed E-state index contributed by atoms with van der Waals surface area (Å²) in [5, 5.41) is 15.7. The summed E-state index contributed by atoms with van der Waals surface area (Å²) in [7, 11) is 3.70. The van der Waals surface area contributed by atoms with Crippen LogP contribution < -0.4 is 21.3 Å². The fraction of sp³-hybridized carbons (Fsp3) is 0.538. The summed E-state index contributed by atoms with van der Waals surface area (Å²) in [5.74, 6) is -0.101. The summed E-state index contributed by atoms with van der Waals surface area (Å²) in [6, 6.07) is 7.98. The van der Waals surface area contributed by atoms with Gasteiger partial charge >= 0.3 is 0 Å². The molecule has 2 heterocycles. The smallest absolute Gasteiger partial charge is 0.264 e. The number of benzene rings is 2. The number of nitrogens with one attached hydrogen (secondary N) is 2. The molecular weight excluding hydrogens is 662 g/mol. The first kappa shape index (κ1) is 38.6. The fourth-order valence-electron chi connectivity index (χ4n) is 7.92. The van der Waals surface area contributed by atoms with Crippen LogP contribution in [0, 0.1) is 11.8 Å². The van der Waals surface area contributed by atoms with Gasteiger partial charge in [0.15, 0.2) is 0 Å². The topological polar surface area (TPSA) is 178 Å². The second-order valence-corrected chi connectivity index (χ2v) is 15.0. The molecule has 0 aromatic heterocycles. The first-order valence-electron chi connectivity index (χ1n) is 18.3. The van der Waals surface area contributed by atoms with Crippen molar-refractivity contribution in [1.29, 1.82) is 0 Å². The van der Waals surface area contributed by atoms with E-state index in [4.69, 9.17) is 10.7 Å². The third-order valence-electron chi connectivity index (χ3n) is 10.8. The van der Waals surface area contributed by atoms with E-state index in [1.807, 2.05) is 6.07 Å². The number of aliphatic hydroxyl groups is 1. The summed E-state index contributed by atoms with van der Waals surface area (Å²) in [4.78, 5) is 72.2. The van der Waals surface area contributed by atoms with Crippen LogP contribution in [0.15, 0.2) is 35.3 Å². The summed E-state index contributed by atoms with van der Waals surface area (Å²) in [6.45, 7) is 6.86. The quantitative estimate of drug-likeness (QED) is 0.0929. The minimum Gasteiger partial charge on any atom is -0.398 e. The molecule has 1 unspecified atom stereocenters. The highest BCUT2D eigenvalue weighted by Gasteiger charge is 2.42. The lowest BCUT2D eigenvalue weighted by Crippen LogP contribution is -2.42. The molecule has 0 bridgehead atoms. The Morgan fingerprint density at radius 2 is 1.73 bits per heavy atom. The number of aliphatic imine (C=N–C) groups is 1. The standard InChI is InChI=1S/C39H53N7O6/c1-39(2,52)31-19-32(40)27(18-33(31)43-24-48)20-42-28-10-8-25(9-11-28)21-44(4)22-26-14-16-45(17-15-26)34-7-5-6-30-36(34)38(51)46(37(30)50)29(23-47)12-13-35(49)41-3/h5-7,18-20,23-26,28-29,52H,8-17,21-22,40H2,1-4H3,(H,41,49)(H,43,48). The summed E-state index contributed by atoms with van der Waals surface area (Å²) < 4.78 is 0. The van der Waals surface area contributed by atoms with Gasteiger partial charge in [0, 0.05) is 74.4 Å². The third-order valence-corrected chi connectivity index (χ3v) is 10.8. The van der Waals surface area contributed by atoms with Crippen LogP contribution in [0.2, 0.25) is 0 Å². The molecule has 3 aliphatic rings. The van der Waals surface area contributed by atoms with Crippen LogP contribution in [0.4, 0.5) is 17.1 Å². The van der Waals surface area contributed by atoms with Gasteiger partial charge in [-0.1, -0.05) is 6.07 Å². The van der Waals surface area contributed by atoms with Crippen molar-refractivity contribution < 1.29 is 29.1 Å². The summed E-state index contributed by atoms with van der Waals surface area (Å²) in [5.41, 5.74) is 8.79. The van der Waals surface area contributed by atoms with Gasteiger partial charge in [0.25, 0.3) is 11.8 Å². The van der Waals surface area contributed by atoms with Gasteiger partial charge in [-0.15, -0.1) is 0 Å². The van der Waals surface area contributed by atoms with Crippen LogP contribution in [0.3, 0.4) is 0 Å². The highest BCUT2D eigenvalue weighted by Crippen LogP contribution is 2.36. The van der Waals surface area contributed by atoms with E-state index in [-0.39, 0.29) is 24.8 Å². The van der Waals surface area contributed by atoms with Crippen molar-refractivity contribution in [2.45, 2.75) is 82.9 Å². The van der Waals surface area contributed by atoms with Crippen LogP contribution in [0.25, 0.3) is 0 Å². The van der Waals surface area contributed by atoms with Crippen molar-refractivity contribution in [3.8, 4) is 0 Å². The van der Waals surface area contributed by atoms with Gasteiger partial charge in [0.05, 0.1) is 28.5 Å². The number of anilines is 3. The third kappa shape index (κ3) is 8.87. The molecule has 0 spiro atoms. The number of nitrogens with two attached hydrogens (primary N) is 1. The van der Waals surface area contributed by atoms with Crippen LogP contribution >= 0.6 is 0 Å². The molecule has 5 rings (SSSR count). The molecule has 1 atom stereocenters. The van der Waals surface area contributed by atoms with E-state index >= 15 is 0 Å². The monoisotopic (exact) mass is 715 g/mol. The largest absolute Gasteiger partial charge is 0.398 e. The highest BCUT2D eigenvalue weighted by molar-refractivity contribution is 6.24. The Bertz CT molecular complexity index is 1670. The second-order valence-electron chi connectivity index (χ2n) is 15.0. The molecule has 2 aliphatic heterocycles. The van der Waals surface area contributed by atoms with Gasteiger partial charge in [-0.3, -0.25) is 29.1 Å². The van der Waals surface area contributed by atoms with E-state index < -0.39 is 23.5 Å². The van der Waals surface area contributed by atoms with Crippen LogP contribution in [0.5, 0.6) is 0 Å². The van der Waals surface area contributed by atoms with Crippen LogP contribution in [-0.4, -0.2) is 104 Å². The predicted molar refractivity (Wildman–Crippen MR) is 202 cm³/mol. The summed E-state index contributed by atoms with van der Waals surface area (Å²) in [6.07, 6.45) is 9.19. The number of hydrogen-bond donors (Lipinski definition) is 4. The number of nitrogens with zero attached hydrogens (tertiary/aromatic N) is 4. The first-order valence-corrected chi connectivity index (χ1v) is 18.3. The normalized spacial score (nSPS) is 20.3. The lowest BCUT2D eigenvalue weighted by Gasteiger charge is -2.37. The molecule has 13 nitrogen and oxygen atoms in total. The van der Waals surface area contributed by atoms with E-state index in [1.54, 1.807) is 44.3 Å². The van der Waals surface area contributed by atoms with Crippen LogP contribution in [0.1, 0.15) is 97.1 Å². The number of carbonyl (C=O) groups excluding carboxylic acids is 5. The Hall–Kier alpha value is -4.62. The minimum atomic E-state index is -1.16. The molecule has 280 valence electrons. The van der Waals surface area contributed by atoms with Gasteiger partial charge in [-0.2, -0.15) is 0 Å². The molecule has 1 saturated carbocycles. The second kappa shape index (κ2) is 16.8. The lowest BCUT2D eigenvalue weighted by molar-refractivity contribution is -0.121. The molecule has 2 aromatic carbocycles. The Labute approximate surface area is 306 Å². The highest BCUT2D eigenvalue weighted by atomic mass is 16.3. The van der Waals surface area contributed by atoms with E-state index in [2.05, 4.69) is 27.5 Å². The zero-order valence-electron chi connectivity index (χ0n) is 30.8. The van der Waals surface area contributed by atoms with Crippen LogP contribution in [-0.2, 0) is 20.0 Å². The zero-order chi connectivity index (χ0) is 37.6. The minimum absolute atomic E-state index is 0.0410. The number of imide groups is 1. The van der Waals surface area contributed by atoms with E-state index in [9.17, 15) is 29.1 Å². The maximum absolute atomic E-state index is 13.6. The number of carbonyl (C=O) groups is 5. The van der Waals surface area contributed by atoms with Crippen molar-refractivity contribution in [2.75, 3.05) is 56.2 Å².